The number of halogens is 3. The van der Waals surface area contributed by atoms with Crippen LogP contribution >= 0.6 is 39.1 Å². The van der Waals surface area contributed by atoms with Gasteiger partial charge in [0.25, 0.3) is 15.9 Å². The molecule has 0 fully saturated rings. The van der Waals surface area contributed by atoms with Crippen LogP contribution in [0.3, 0.4) is 0 Å². The first-order chi connectivity index (χ1) is 17.6. The number of furan rings is 1. The van der Waals surface area contributed by atoms with Crippen molar-refractivity contribution in [2.75, 3.05) is 10.8 Å². The molecule has 37 heavy (non-hydrogen) atoms. The van der Waals surface area contributed by atoms with Gasteiger partial charge in [-0.1, -0.05) is 62.9 Å². The Morgan fingerprint density at radius 2 is 1.81 bits per heavy atom. The summed E-state index contributed by atoms with van der Waals surface area (Å²) in [5, 5.41) is 4.85. The molecule has 7 nitrogen and oxygen atoms in total. The number of nitrogens with zero attached hydrogens (tertiary/aromatic N) is 2. The highest BCUT2D eigenvalue weighted by atomic mass is 79.9. The molecule has 190 valence electrons. The van der Waals surface area contributed by atoms with Crippen molar-refractivity contribution in [2.45, 2.75) is 11.8 Å². The molecule has 1 heterocycles. The predicted octanol–water partition coefficient (Wildman–Crippen LogP) is 6.67. The number of sulfonamides is 1. The van der Waals surface area contributed by atoms with Crippen molar-refractivity contribution in [3.05, 3.63) is 105 Å². The van der Waals surface area contributed by atoms with Gasteiger partial charge in [0.1, 0.15) is 18.1 Å². The van der Waals surface area contributed by atoms with Gasteiger partial charge in [0.05, 0.1) is 21.8 Å². The molecule has 0 saturated carbocycles. The molecule has 1 N–H and O–H groups in total. The minimum Gasteiger partial charge on any atom is -0.455 e. The molecule has 0 saturated heterocycles. The van der Waals surface area contributed by atoms with Crippen molar-refractivity contribution in [1.82, 2.24) is 5.43 Å². The SMILES string of the molecule is Cc1ccc(S(=O)(=O)N(CC(=O)N/N=C/c2ccc(-c3ccc(Cl)cc3Cl)o2)c2cccc(Br)c2)cc1. The monoisotopic (exact) mass is 619 g/mol. The number of rotatable bonds is 8. The van der Waals surface area contributed by atoms with Crippen molar-refractivity contribution < 1.29 is 17.6 Å². The fourth-order valence-corrected chi connectivity index (χ4v) is 5.68. The summed E-state index contributed by atoms with van der Waals surface area (Å²) in [5.41, 5.74) is 4.25. The van der Waals surface area contributed by atoms with Crippen molar-refractivity contribution in [3.8, 4) is 11.3 Å². The van der Waals surface area contributed by atoms with Gasteiger partial charge in [-0.3, -0.25) is 9.10 Å². The van der Waals surface area contributed by atoms with E-state index in [1.807, 2.05) is 6.92 Å². The van der Waals surface area contributed by atoms with Crippen molar-refractivity contribution in [2.24, 2.45) is 5.10 Å². The quantitative estimate of drug-likeness (QED) is 0.176. The minimum atomic E-state index is -4.04. The van der Waals surface area contributed by atoms with Crippen LogP contribution in [0.4, 0.5) is 5.69 Å². The molecule has 0 aliphatic carbocycles. The van der Waals surface area contributed by atoms with Gasteiger partial charge in [-0.15, -0.1) is 0 Å². The lowest BCUT2D eigenvalue weighted by Crippen LogP contribution is -2.39. The summed E-state index contributed by atoms with van der Waals surface area (Å²) >= 11 is 15.5. The average molecular weight is 621 g/mol. The Balaban J connectivity index is 1.50. The highest BCUT2D eigenvalue weighted by molar-refractivity contribution is 9.10. The molecule has 0 unspecified atom stereocenters. The largest absolute Gasteiger partial charge is 0.455 e. The fraction of sp³-hybridized carbons (Fsp3) is 0.0769. The zero-order chi connectivity index (χ0) is 26.6. The maximum atomic E-state index is 13.4. The topological polar surface area (TPSA) is 92.0 Å². The van der Waals surface area contributed by atoms with Crippen LogP contribution in [-0.2, 0) is 14.8 Å². The van der Waals surface area contributed by atoms with E-state index < -0.39 is 22.5 Å². The first kappa shape index (κ1) is 26.9. The van der Waals surface area contributed by atoms with Crippen LogP contribution in [0, 0.1) is 6.92 Å². The van der Waals surface area contributed by atoms with E-state index in [9.17, 15) is 13.2 Å². The molecular weight excluding hydrogens is 601 g/mol. The molecule has 0 spiro atoms. The summed E-state index contributed by atoms with van der Waals surface area (Å²) < 4.78 is 34.3. The van der Waals surface area contributed by atoms with E-state index in [1.165, 1.54) is 18.3 Å². The molecule has 0 atom stereocenters. The van der Waals surface area contributed by atoms with E-state index in [4.69, 9.17) is 27.6 Å². The number of benzene rings is 3. The summed E-state index contributed by atoms with van der Waals surface area (Å²) in [6.07, 6.45) is 1.31. The minimum absolute atomic E-state index is 0.0679. The molecule has 4 aromatic rings. The number of aryl methyl sites for hydroxylation is 1. The van der Waals surface area contributed by atoms with E-state index in [-0.39, 0.29) is 4.90 Å². The lowest BCUT2D eigenvalue weighted by molar-refractivity contribution is -0.119. The van der Waals surface area contributed by atoms with Crippen LogP contribution in [0.5, 0.6) is 0 Å². The first-order valence-electron chi connectivity index (χ1n) is 10.9. The van der Waals surface area contributed by atoms with E-state index in [0.29, 0.717) is 37.3 Å². The van der Waals surface area contributed by atoms with Crippen LogP contribution < -0.4 is 9.73 Å². The number of anilines is 1. The lowest BCUT2D eigenvalue weighted by Gasteiger charge is -2.24. The molecule has 1 aromatic heterocycles. The second-order valence-electron chi connectivity index (χ2n) is 7.92. The normalized spacial score (nSPS) is 11.6. The third-order valence-corrected chi connectivity index (χ3v) is 8.03. The van der Waals surface area contributed by atoms with Gasteiger partial charge in [-0.2, -0.15) is 5.10 Å². The molecule has 3 aromatic carbocycles. The standard InChI is InChI=1S/C26H20BrCl2N3O4S/c1-17-5-9-22(10-6-17)37(34,35)32(20-4-2-3-18(27)13-20)16-26(33)31-30-15-21-8-12-25(36-21)23-11-7-19(28)14-24(23)29/h2-15H,16H2,1H3,(H,31,33)/b30-15+. The van der Waals surface area contributed by atoms with Crippen molar-refractivity contribution >= 4 is 67.0 Å². The Morgan fingerprint density at radius 1 is 1.05 bits per heavy atom. The van der Waals surface area contributed by atoms with Gasteiger partial charge in [0, 0.05) is 15.1 Å². The predicted molar refractivity (Wildman–Crippen MR) is 150 cm³/mol. The van der Waals surface area contributed by atoms with Gasteiger partial charge < -0.3 is 4.42 Å². The van der Waals surface area contributed by atoms with Gasteiger partial charge in [-0.05, 0) is 67.6 Å². The molecule has 0 aliphatic rings. The van der Waals surface area contributed by atoms with Crippen molar-refractivity contribution in [1.29, 1.82) is 0 Å². The van der Waals surface area contributed by atoms with Crippen LogP contribution in [-0.4, -0.2) is 27.1 Å². The fourth-order valence-electron chi connectivity index (χ4n) is 3.37. The van der Waals surface area contributed by atoms with E-state index in [2.05, 4.69) is 26.5 Å². The van der Waals surface area contributed by atoms with Crippen LogP contribution in [0.1, 0.15) is 11.3 Å². The Kier molecular flexibility index (Phi) is 8.39. The van der Waals surface area contributed by atoms with Gasteiger partial charge in [0.15, 0.2) is 0 Å². The number of amides is 1. The lowest BCUT2D eigenvalue weighted by atomic mass is 10.2. The number of nitrogens with one attached hydrogen (secondary N) is 1. The van der Waals surface area contributed by atoms with Crippen LogP contribution in [0.2, 0.25) is 10.0 Å². The van der Waals surface area contributed by atoms with Gasteiger partial charge in [0.2, 0.25) is 0 Å². The number of hydrogen-bond donors (Lipinski definition) is 1. The molecule has 0 bridgehead atoms. The third-order valence-electron chi connectivity index (χ3n) is 5.20. The molecular formula is C26H20BrCl2N3O4S. The number of hydrazone groups is 1. The average Bonchev–Trinajstić information content (AvgIpc) is 3.31. The Morgan fingerprint density at radius 3 is 2.51 bits per heavy atom. The smallest absolute Gasteiger partial charge is 0.264 e. The summed E-state index contributed by atoms with van der Waals surface area (Å²) in [7, 11) is -4.04. The molecule has 0 radical (unpaired) electrons. The molecule has 1 amide bonds. The van der Waals surface area contributed by atoms with E-state index in [1.54, 1.807) is 66.7 Å². The number of hydrogen-bond acceptors (Lipinski definition) is 5. The highest BCUT2D eigenvalue weighted by Gasteiger charge is 2.27. The maximum Gasteiger partial charge on any atom is 0.264 e. The maximum absolute atomic E-state index is 13.4. The summed E-state index contributed by atoms with van der Waals surface area (Å²) in [6.45, 7) is 1.37. The highest BCUT2D eigenvalue weighted by Crippen LogP contribution is 2.31. The summed E-state index contributed by atoms with van der Waals surface area (Å²) in [6, 6.07) is 21.5. The van der Waals surface area contributed by atoms with Crippen LogP contribution in [0.25, 0.3) is 11.3 Å². The molecule has 11 heteroatoms. The first-order valence-corrected chi connectivity index (χ1v) is 13.8. The van der Waals surface area contributed by atoms with Gasteiger partial charge >= 0.3 is 0 Å². The molecule has 4 rings (SSSR count). The number of carbonyl (C=O) groups is 1. The van der Waals surface area contributed by atoms with Gasteiger partial charge in [-0.25, -0.2) is 13.8 Å². The molecule has 0 aliphatic heterocycles. The van der Waals surface area contributed by atoms with Crippen molar-refractivity contribution in [3.63, 3.8) is 0 Å². The summed E-state index contributed by atoms with van der Waals surface area (Å²) in [5.74, 6) is 0.219. The van der Waals surface area contributed by atoms with E-state index >= 15 is 0 Å². The second kappa shape index (κ2) is 11.5. The zero-order valence-corrected chi connectivity index (χ0v) is 23.3. The Labute approximate surface area is 232 Å². The summed E-state index contributed by atoms with van der Waals surface area (Å²) in [4.78, 5) is 12.8. The number of carbonyl (C=O) groups excluding carboxylic acids is 1. The Bertz CT molecular complexity index is 1570. The van der Waals surface area contributed by atoms with E-state index in [0.717, 1.165) is 9.87 Å². The second-order valence-corrected chi connectivity index (χ2v) is 11.5. The Hall–Kier alpha value is -3.11. The third kappa shape index (κ3) is 6.61. The zero-order valence-electron chi connectivity index (χ0n) is 19.4. The van der Waals surface area contributed by atoms with Crippen LogP contribution in [0.15, 0.2) is 97.7 Å².